The number of hydrogen-bond donors (Lipinski definition) is 1. The number of aliphatic hydroxyl groups is 1. The number of hydrogen-bond acceptors (Lipinski definition) is 4. The zero-order valence-corrected chi connectivity index (χ0v) is 9.54. The molecule has 1 aliphatic carbocycles. The normalized spacial score (nSPS) is 15.4. The van der Waals surface area contributed by atoms with Gasteiger partial charge in [0, 0.05) is 18.7 Å². The molecule has 0 unspecified atom stereocenters. The second-order valence-electron chi connectivity index (χ2n) is 3.49. The fraction of sp³-hybridized carbons (Fsp3) is 0.556. The van der Waals surface area contributed by atoms with E-state index in [1.807, 2.05) is 4.90 Å². The number of nitrogens with zero attached hydrogens (tertiary/aromatic N) is 3. The molecule has 0 aliphatic heterocycles. The monoisotopic (exact) mass is 247 g/mol. The van der Waals surface area contributed by atoms with E-state index < -0.39 is 0 Å². The molecule has 4 nitrogen and oxygen atoms in total. The maximum absolute atomic E-state index is 8.98. The molecule has 1 N–H and O–H groups in total. The lowest BCUT2D eigenvalue weighted by Crippen LogP contribution is -2.29. The predicted octanol–water partition coefficient (Wildman–Crippen LogP) is 1.74. The van der Waals surface area contributed by atoms with Crippen molar-refractivity contribution in [1.82, 2.24) is 10.2 Å². The Morgan fingerprint density at radius 1 is 1.40 bits per heavy atom. The van der Waals surface area contributed by atoms with Crippen LogP contribution in [0.1, 0.15) is 12.8 Å². The van der Waals surface area contributed by atoms with E-state index in [-0.39, 0.29) is 6.61 Å². The summed E-state index contributed by atoms with van der Waals surface area (Å²) in [5, 5.41) is 17.0. The minimum absolute atomic E-state index is 0.0901. The molecule has 0 atom stereocenters. The first-order valence-electron chi connectivity index (χ1n) is 4.78. The Bertz CT molecular complexity index is 357. The van der Waals surface area contributed by atoms with E-state index in [1.165, 1.54) is 0 Å². The van der Waals surface area contributed by atoms with Crippen molar-refractivity contribution in [3.05, 3.63) is 16.4 Å². The lowest BCUT2D eigenvalue weighted by molar-refractivity contribution is 0.301. The molecule has 6 heteroatoms. The molecule has 0 spiro atoms. The summed E-state index contributed by atoms with van der Waals surface area (Å²) < 4.78 is 0. The molecule has 1 aromatic heterocycles. The van der Waals surface area contributed by atoms with Crippen LogP contribution in [0.4, 0.5) is 5.69 Å². The van der Waals surface area contributed by atoms with Gasteiger partial charge >= 0.3 is 0 Å². The molecule has 1 fully saturated rings. The zero-order chi connectivity index (χ0) is 10.8. The molecule has 1 heterocycles. The van der Waals surface area contributed by atoms with Gasteiger partial charge in [0.25, 0.3) is 0 Å². The fourth-order valence-electron chi connectivity index (χ4n) is 1.54. The molecule has 1 saturated carbocycles. The first kappa shape index (κ1) is 10.9. The highest BCUT2D eigenvalue weighted by atomic mass is 35.5. The Hall–Kier alpha value is -0.580. The third-order valence-corrected chi connectivity index (χ3v) is 2.79. The summed E-state index contributed by atoms with van der Waals surface area (Å²) in [5.41, 5.74) is 0.758. The zero-order valence-electron chi connectivity index (χ0n) is 8.03. The van der Waals surface area contributed by atoms with Gasteiger partial charge in [0.05, 0.1) is 12.3 Å². The summed E-state index contributed by atoms with van der Waals surface area (Å²) in [6.07, 6.45) is 2.24. The molecule has 0 radical (unpaired) electrons. The quantitative estimate of drug-likeness (QED) is 0.881. The summed E-state index contributed by atoms with van der Waals surface area (Å²) in [7, 11) is 0. The van der Waals surface area contributed by atoms with Crippen LogP contribution >= 0.6 is 23.2 Å². The number of anilines is 1. The van der Waals surface area contributed by atoms with Gasteiger partial charge in [-0.1, -0.05) is 23.2 Å². The van der Waals surface area contributed by atoms with Gasteiger partial charge in [0.1, 0.15) is 0 Å². The van der Waals surface area contributed by atoms with Crippen molar-refractivity contribution < 1.29 is 5.11 Å². The largest absolute Gasteiger partial charge is 0.395 e. The van der Waals surface area contributed by atoms with Crippen molar-refractivity contribution in [2.45, 2.75) is 18.9 Å². The van der Waals surface area contributed by atoms with Gasteiger partial charge in [0.2, 0.25) is 0 Å². The average Bonchev–Trinajstić information content (AvgIpc) is 3.02. The van der Waals surface area contributed by atoms with Gasteiger partial charge in [-0.25, -0.2) is 0 Å². The molecule has 15 heavy (non-hydrogen) atoms. The lowest BCUT2D eigenvalue weighted by atomic mass is 10.3. The summed E-state index contributed by atoms with van der Waals surface area (Å²) in [4.78, 5) is 2.03. The van der Waals surface area contributed by atoms with E-state index in [9.17, 15) is 0 Å². The molecular formula is C9H11Cl2N3O. The van der Waals surface area contributed by atoms with E-state index >= 15 is 0 Å². The summed E-state index contributed by atoms with van der Waals surface area (Å²) in [6, 6.07) is 2.14. The second kappa shape index (κ2) is 4.51. The van der Waals surface area contributed by atoms with Gasteiger partial charge in [-0.05, 0) is 12.8 Å². The first-order chi connectivity index (χ1) is 7.22. The molecule has 2 rings (SSSR count). The maximum Gasteiger partial charge on any atom is 0.175 e. The van der Waals surface area contributed by atoms with Crippen molar-refractivity contribution in [2.75, 3.05) is 18.1 Å². The maximum atomic E-state index is 8.98. The van der Waals surface area contributed by atoms with Crippen LogP contribution in [0.2, 0.25) is 10.3 Å². The highest BCUT2D eigenvalue weighted by Gasteiger charge is 2.30. The van der Waals surface area contributed by atoms with Crippen molar-refractivity contribution in [1.29, 1.82) is 0 Å². The molecule has 0 saturated heterocycles. The van der Waals surface area contributed by atoms with E-state index in [0.29, 0.717) is 22.9 Å². The minimum Gasteiger partial charge on any atom is -0.395 e. The number of rotatable bonds is 4. The summed E-state index contributed by atoms with van der Waals surface area (Å²) in [6.45, 7) is 0.638. The molecular weight excluding hydrogens is 237 g/mol. The van der Waals surface area contributed by atoms with Crippen LogP contribution in [0.15, 0.2) is 6.07 Å². The fourth-order valence-corrected chi connectivity index (χ4v) is 1.88. The third kappa shape index (κ3) is 2.51. The average molecular weight is 248 g/mol. The number of aromatic nitrogens is 2. The van der Waals surface area contributed by atoms with Crippen LogP contribution in [0.5, 0.6) is 0 Å². The van der Waals surface area contributed by atoms with Gasteiger partial charge in [-0.3, -0.25) is 0 Å². The second-order valence-corrected chi connectivity index (χ2v) is 4.24. The smallest absolute Gasteiger partial charge is 0.175 e. The highest BCUT2D eigenvalue weighted by molar-refractivity contribution is 6.33. The van der Waals surface area contributed by atoms with Crippen LogP contribution in [0, 0.1) is 0 Å². The SMILES string of the molecule is OCCN(c1cc(Cl)nnc1Cl)C1CC1. The molecule has 82 valence electrons. The Labute approximate surface area is 97.8 Å². The summed E-state index contributed by atoms with van der Waals surface area (Å²) in [5.74, 6) is 0. The van der Waals surface area contributed by atoms with Crippen LogP contribution in [0.3, 0.4) is 0 Å². The first-order valence-corrected chi connectivity index (χ1v) is 5.54. The van der Waals surface area contributed by atoms with Gasteiger partial charge in [-0.2, -0.15) is 0 Å². The van der Waals surface area contributed by atoms with Crippen molar-refractivity contribution in [3.8, 4) is 0 Å². The van der Waals surface area contributed by atoms with E-state index in [2.05, 4.69) is 10.2 Å². The van der Waals surface area contributed by atoms with E-state index in [4.69, 9.17) is 28.3 Å². The Kier molecular flexibility index (Phi) is 3.29. The minimum atomic E-state index is 0.0901. The molecule has 0 amide bonds. The molecule has 1 aliphatic rings. The van der Waals surface area contributed by atoms with Gasteiger partial charge in [-0.15, -0.1) is 10.2 Å². The van der Waals surface area contributed by atoms with Crippen LogP contribution in [-0.4, -0.2) is 34.5 Å². The molecule has 0 bridgehead atoms. The standard InChI is InChI=1S/C9H11Cl2N3O/c10-8-5-7(9(11)13-12-8)14(3-4-15)6-1-2-6/h5-6,15H,1-4H2. The van der Waals surface area contributed by atoms with Crippen molar-refractivity contribution >= 4 is 28.9 Å². The predicted molar refractivity (Wildman–Crippen MR) is 59.5 cm³/mol. The number of halogens is 2. The Morgan fingerprint density at radius 3 is 2.73 bits per heavy atom. The Balaban J connectivity index is 2.27. The topological polar surface area (TPSA) is 49.2 Å². The highest BCUT2D eigenvalue weighted by Crippen LogP contribution is 2.35. The van der Waals surface area contributed by atoms with Crippen molar-refractivity contribution in [2.24, 2.45) is 0 Å². The lowest BCUT2D eigenvalue weighted by Gasteiger charge is -2.23. The Morgan fingerprint density at radius 2 is 2.13 bits per heavy atom. The molecule has 1 aromatic rings. The van der Waals surface area contributed by atoms with Gasteiger partial charge in [0.15, 0.2) is 10.3 Å². The van der Waals surface area contributed by atoms with Gasteiger partial charge < -0.3 is 10.0 Å². The van der Waals surface area contributed by atoms with Crippen LogP contribution in [0.25, 0.3) is 0 Å². The third-order valence-electron chi connectivity index (χ3n) is 2.34. The van der Waals surface area contributed by atoms with E-state index in [0.717, 1.165) is 18.5 Å². The number of aliphatic hydroxyl groups excluding tert-OH is 1. The van der Waals surface area contributed by atoms with E-state index in [1.54, 1.807) is 6.07 Å². The van der Waals surface area contributed by atoms with Crippen LogP contribution < -0.4 is 4.90 Å². The summed E-state index contributed by atoms with van der Waals surface area (Å²) >= 11 is 11.7. The molecule has 0 aromatic carbocycles. The van der Waals surface area contributed by atoms with Crippen molar-refractivity contribution in [3.63, 3.8) is 0 Å². The van der Waals surface area contributed by atoms with Crippen LogP contribution in [-0.2, 0) is 0 Å².